The van der Waals surface area contributed by atoms with Gasteiger partial charge in [-0.2, -0.15) is 0 Å². The Morgan fingerprint density at radius 1 is 1.43 bits per heavy atom. The monoisotopic (exact) mass is 195 g/mol. The summed E-state index contributed by atoms with van der Waals surface area (Å²) in [5.74, 6) is 0.747. The zero-order chi connectivity index (χ0) is 10.4. The molecule has 0 heterocycles. The molecule has 1 rings (SSSR count). The quantitative estimate of drug-likeness (QED) is 0.700. The molecule has 0 aliphatic carbocycles. The van der Waals surface area contributed by atoms with Gasteiger partial charge in [-0.1, -0.05) is 6.07 Å². The van der Waals surface area contributed by atoms with E-state index in [2.05, 4.69) is 5.32 Å². The van der Waals surface area contributed by atoms with Crippen molar-refractivity contribution in [1.29, 1.82) is 0 Å². The fourth-order valence-corrected chi connectivity index (χ4v) is 1.35. The van der Waals surface area contributed by atoms with Crippen LogP contribution in [0.25, 0.3) is 0 Å². The SMILES string of the molecule is CNCCCc1ccc(O)c(OC)c1. The molecule has 0 aromatic heterocycles. The second kappa shape index (κ2) is 5.50. The molecule has 0 radical (unpaired) electrons. The highest BCUT2D eigenvalue weighted by molar-refractivity contribution is 5.41. The summed E-state index contributed by atoms with van der Waals surface area (Å²) < 4.78 is 5.03. The number of benzene rings is 1. The first-order valence-electron chi connectivity index (χ1n) is 4.78. The smallest absolute Gasteiger partial charge is 0.160 e. The second-order valence-electron chi connectivity index (χ2n) is 3.21. The lowest BCUT2D eigenvalue weighted by Crippen LogP contribution is -2.08. The summed E-state index contributed by atoms with van der Waals surface area (Å²) in [6.45, 7) is 1.00. The van der Waals surface area contributed by atoms with Gasteiger partial charge in [0.1, 0.15) is 0 Å². The Balaban J connectivity index is 2.60. The summed E-state index contributed by atoms with van der Waals surface area (Å²) in [5.41, 5.74) is 1.19. The number of nitrogens with one attached hydrogen (secondary N) is 1. The lowest BCUT2D eigenvalue weighted by molar-refractivity contribution is 0.373. The van der Waals surface area contributed by atoms with Gasteiger partial charge in [0.2, 0.25) is 0 Å². The number of aromatic hydroxyl groups is 1. The van der Waals surface area contributed by atoms with Crippen LogP contribution in [-0.4, -0.2) is 25.8 Å². The number of methoxy groups -OCH3 is 1. The maximum absolute atomic E-state index is 9.37. The molecule has 0 aliphatic heterocycles. The molecule has 0 saturated heterocycles. The van der Waals surface area contributed by atoms with Gasteiger partial charge in [-0.15, -0.1) is 0 Å². The van der Waals surface area contributed by atoms with E-state index >= 15 is 0 Å². The van der Waals surface area contributed by atoms with E-state index in [1.807, 2.05) is 19.2 Å². The summed E-state index contributed by atoms with van der Waals surface area (Å²) >= 11 is 0. The van der Waals surface area contributed by atoms with Crippen molar-refractivity contribution < 1.29 is 9.84 Å². The van der Waals surface area contributed by atoms with Crippen LogP contribution in [0, 0.1) is 0 Å². The van der Waals surface area contributed by atoms with Crippen LogP contribution in [0.15, 0.2) is 18.2 Å². The van der Waals surface area contributed by atoms with Gasteiger partial charge < -0.3 is 15.2 Å². The maximum Gasteiger partial charge on any atom is 0.160 e. The summed E-state index contributed by atoms with van der Waals surface area (Å²) in [6, 6.07) is 5.48. The Kier molecular flexibility index (Phi) is 4.26. The number of phenolic OH excluding ortho intramolecular Hbond substituents is 1. The van der Waals surface area contributed by atoms with Crippen molar-refractivity contribution in [2.24, 2.45) is 0 Å². The highest BCUT2D eigenvalue weighted by atomic mass is 16.5. The van der Waals surface area contributed by atoms with Crippen LogP contribution in [0.3, 0.4) is 0 Å². The number of aryl methyl sites for hydroxylation is 1. The van der Waals surface area contributed by atoms with Crippen molar-refractivity contribution in [3.63, 3.8) is 0 Å². The molecule has 78 valence electrons. The van der Waals surface area contributed by atoms with E-state index < -0.39 is 0 Å². The van der Waals surface area contributed by atoms with Gasteiger partial charge in [-0.25, -0.2) is 0 Å². The van der Waals surface area contributed by atoms with Crippen LogP contribution in [-0.2, 0) is 6.42 Å². The summed E-state index contributed by atoms with van der Waals surface area (Å²) in [5, 5.41) is 12.5. The van der Waals surface area contributed by atoms with E-state index in [0.29, 0.717) is 5.75 Å². The third kappa shape index (κ3) is 2.92. The first kappa shape index (κ1) is 10.9. The zero-order valence-corrected chi connectivity index (χ0v) is 8.71. The Morgan fingerprint density at radius 2 is 2.21 bits per heavy atom. The van der Waals surface area contributed by atoms with Crippen LogP contribution < -0.4 is 10.1 Å². The molecule has 0 unspecified atom stereocenters. The first-order valence-corrected chi connectivity index (χ1v) is 4.78. The average Bonchev–Trinajstić information content (AvgIpc) is 2.21. The minimum atomic E-state index is 0.199. The van der Waals surface area contributed by atoms with Gasteiger partial charge in [0.25, 0.3) is 0 Å². The standard InChI is InChI=1S/C11H17NO2/c1-12-7-3-4-9-5-6-10(13)11(8-9)14-2/h5-6,8,12-13H,3-4,7H2,1-2H3. The average molecular weight is 195 g/mol. The number of hydrogen-bond acceptors (Lipinski definition) is 3. The van der Waals surface area contributed by atoms with Crippen LogP contribution in [0.2, 0.25) is 0 Å². The molecule has 0 saturated carbocycles. The fraction of sp³-hybridized carbons (Fsp3) is 0.455. The molecule has 3 nitrogen and oxygen atoms in total. The molecule has 0 aliphatic rings. The predicted molar refractivity (Wildman–Crippen MR) is 56.9 cm³/mol. The molecular formula is C11H17NO2. The molecule has 1 aromatic carbocycles. The number of phenols is 1. The third-order valence-electron chi connectivity index (χ3n) is 2.14. The second-order valence-corrected chi connectivity index (χ2v) is 3.21. The highest BCUT2D eigenvalue weighted by Crippen LogP contribution is 2.26. The molecule has 14 heavy (non-hydrogen) atoms. The van der Waals surface area contributed by atoms with Gasteiger partial charge in [-0.05, 0) is 44.1 Å². The Labute approximate surface area is 84.7 Å². The van der Waals surface area contributed by atoms with Gasteiger partial charge in [-0.3, -0.25) is 0 Å². The summed E-state index contributed by atoms with van der Waals surface area (Å²) in [4.78, 5) is 0. The van der Waals surface area contributed by atoms with Crippen LogP contribution in [0.1, 0.15) is 12.0 Å². The molecule has 3 heteroatoms. The molecule has 1 aromatic rings. The van der Waals surface area contributed by atoms with E-state index in [0.717, 1.165) is 19.4 Å². The molecular weight excluding hydrogens is 178 g/mol. The molecule has 0 spiro atoms. The topological polar surface area (TPSA) is 41.5 Å². The number of hydrogen-bond donors (Lipinski definition) is 2. The molecule has 0 amide bonds. The third-order valence-corrected chi connectivity index (χ3v) is 2.14. The van der Waals surface area contributed by atoms with Gasteiger partial charge >= 0.3 is 0 Å². The molecule has 0 atom stereocenters. The van der Waals surface area contributed by atoms with Crippen LogP contribution in [0.5, 0.6) is 11.5 Å². The zero-order valence-electron chi connectivity index (χ0n) is 8.71. The van der Waals surface area contributed by atoms with Crippen molar-refractivity contribution >= 4 is 0 Å². The van der Waals surface area contributed by atoms with Crippen molar-refractivity contribution in [3.8, 4) is 11.5 Å². The van der Waals surface area contributed by atoms with Crippen LogP contribution in [0.4, 0.5) is 0 Å². The van der Waals surface area contributed by atoms with Crippen molar-refractivity contribution in [2.45, 2.75) is 12.8 Å². The van der Waals surface area contributed by atoms with Crippen molar-refractivity contribution in [2.75, 3.05) is 20.7 Å². The molecule has 0 bridgehead atoms. The minimum absolute atomic E-state index is 0.199. The fourth-order valence-electron chi connectivity index (χ4n) is 1.35. The van der Waals surface area contributed by atoms with E-state index in [1.165, 1.54) is 5.56 Å². The lowest BCUT2D eigenvalue weighted by atomic mass is 10.1. The Bertz CT molecular complexity index is 287. The maximum atomic E-state index is 9.37. The first-order chi connectivity index (χ1) is 6.77. The number of rotatable bonds is 5. The summed E-state index contributed by atoms with van der Waals surface area (Å²) in [6.07, 6.45) is 2.09. The van der Waals surface area contributed by atoms with E-state index in [-0.39, 0.29) is 5.75 Å². The predicted octanol–water partition coefficient (Wildman–Crippen LogP) is 1.55. The Hall–Kier alpha value is -1.22. The van der Waals surface area contributed by atoms with Crippen LogP contribution >= 0.6 is 0 Å². The van der Waals surface area contributed by atoms with Gasteiger partial charge in [0.15, 0.2) is 11.5 Å². The van der Waals surface area contributed by atoms with Gasteiger partial charge in [0.05, 0.1) is 7.11 Å². The Morgan fingerprint density at radius 3 is 2.86 bits per heavy atom. The highest BCUT2D eigenvalue weighted by Gasteiger charge is 2.01. The minimum Gasteiger partial charge on any atom is -0.504 e. The number of ether oxygens (including phenoxy) is 1. The largest absolute Gasteiger partial charge is 0.504 e. The van der Waals surface area contributed by atoms with E-state index in [4.69, 9.17) is 4.74 Å². The molecule has 2 N–H and O–H groups in total. The van der Waals surface area contributed by atoms with Crippen molar-refractivity contribution in [3.05, 3.63) is 23.8 Å². The lowest BCUT2D eigenvalue weighted by Gasteiger charge is -2.06. The summed E-state index contributed by atoms with van der Waals surface area (Å²) in [7, 11) is 3.50. The molecule has 0 fully saturated rings. The normalized spacial score (nSPS) is 10.1. The van der Waals surface area contributed by atoms with E-state index in [1.54, 1.807) is 13.2 Å². The van der Waals surface area contributed by atoms with Gasteiger partial charge in [0, 0.05) is 0 Å². The van der Waals surface area contributed by atoms with E-state index in [9.17, 15) is 5.11 Å². The van der Waals surface area contributed by atoms with Crippen molar-refractivity contribution in [1.82, 2.24) is 5.32 Å².